The van der Waals surface area contributed by atoms with Crippen molar-refractivity contribution < 1.29 is 0 Å². The molecular formula is C8H11NS2. The minimum absolute atomic E-state index is 1.21. The molecule has 0 N–H and O–H groups in total. The number of fused-ring (bicyclic) bond motifs is 1. The number of aryl methyl sites for hydroxylation is 2. The summed E-state index contributed by atoms with van der Waals surface area (Å²) in [5, 5.41) is 0. The largest absolute Gasteiger partial charge is 0.234 e. The van der Waals surface area contributed by atoms with Crippen molar-refractivity contribution in [3.05, 3.63) is 10.6 Å². The lowest BCUT2D eigenvalue weighted by molar-refractivity contribution is 0.680. The molecule has 0 aromatic carbocycles. The molecule has 0 unspecified atom stereocenters. The normalized spacial score (nSPS) is 16.5. The maximum atomic E-state index is 4.55. The summed E-state index contributed by atoms with van der Waals surface area (Å²) in [6.45, 7) is 0. The Balaban J connectivity index is 2.32. The number of thiazole rings is 1. The minimum Gasteiger partial charge on any atom is -0.234 e. The van der Waals surface area contributed by atoms with Gasteiger partial charge in [-0.1, -0.05) is 11.8 Å². The zero-order valence-corrected chi connectivity index (χ0v) is 8.23. The molecule has 3 heteroatoms. The summed E-state index contributed by atoms with van der Waals surface area (Å²) in [5.41, 5.74) is 1.38. The highest BCUT2D eigenvalue weighted by Gasteiger charge is 2.13. The maximum absolute atomic E-state index is 4.55. The molecule has 60 valence electrons. The lowest BCUT2D eigenvalue weighted by atomic mass is 10.0. The predicted molar refractivity (Wildman–Crippen MR) is 50.5 cm³/mol. The first-order valence-electron chi connectivity index (χ1n) is 3.92. The summed E-state index contributed by atoms with van der Waals surface area (Å²) in [5.74, 6) is 0. The summed E-state index contributed by atoms with van der Waals surface area (Å²) >= 11 is 3.66. The van der Waals surface area contributed by atoms with Gasteiger partial charge < -0.3 is 0 Å². The van der Waals surface area contributed by atoms with Crippen LogP contribution in [0.5, 0.6) is 0 Å². The van der Waals surface area contributed by atoms with E-state index in [0.717, 1.165) is 0 Å². The number of aromatic nitrogens is 1. The first-order valence-corrected chi connectivity index (χ1v) is 5.97. The number of hydrogen-bond acceptors (Lipinski definition) is 3. The minimum atomic E-state index is 1.21. The van der Waals surface area contributed by atoms with E-state index < -0.39 is 0 Å². The highest BCUT2D eigenvalue weighted by molar-refractivity contribution is 8.00. The molecule has 1 aromatic rings. The monoisotopic (exact) mass is 185 g/mol. The first-order chi connectivity index (χ1) is 5.40. The smallest absolute Gasteiger partial charge is 0.150 e. The van der Waals surface area contributed by atoms with E-state index in [9.17, 15) is 0 Å². The van der Waals surface area contributed by atoms with Crippen LogP contribution in [0, 0.1) is 0 Å². The van der Waals surface area contributed by atoms with Gasteiger partial charge in [0.25, 0.3) is 0 Å². The predicted octanol–water partition coefficient (Wildman–Crippen LogP) is 2.74. The van der Waals surface area contributed by atoms with Crippen LogP contribution in [0.4, 0.5) is 0 Å². The molecule has 1 aliphatic rings. The fraction of sp³-hybridized carbons (Fsp3) is 0.625. The average Bonchev–Trinajstić information content (AvgIpc) is 2.46. The Kier molecular flexibility index (Phi) is 2.18. The van der Waals surface area contributed by atoms with Gasteiger partial charge in [0, 0.05) is 4.88 Å². The molecule has 0 saturated heterocycles. The second-order valence-corrected chi connectivity index (χ2v) is 4.90. The molecule has 11 heavy (non-hydrogen) atoms. The van der Waals surface area contributed by atoms with Gasteiger partial charge >= 0.3 is 0 Å². The van der Waals surface area contributed by atoms with Crippen LogP contribution in [0.15, 0.2) is 4.34 Å². The molecule has 0 aliphatic heterocycles. The first kappa shape index (κ1) is 7.62. The van der Waals surface area contributed by atoms with Crippen molar-refractivity contribution in [2.24, 2.45) is 0 Å². The lowest BCUT2D eigenvalue weighted by Crippen LogP contribution is -1.98. The molecule has 1 aromatic heterocycles. The quantitative estimate of drug-likeness (QED) is 0.624. The molecule has 0 fully saturated rings. The highest BCUT2D eigenvalue weighted by Crippen LogP contribution is 2.30. The fourth-order valence-electron chi connectivity index (χ4n) is 1.42. The second kappa shape index (κ2) is 3.15. The zero-order valence-electron chi connectivity index (χ0n) is 6.59. The van der Waals surface area contributed by atoms with Gasteiger partial charge in [0.1, 0.15) is 4.34 Å². The zero-order chi connectivity index (χ0) is 7.68. The summed E-state index contributed by atoms with van der Waals surface area (Å²) in [6.07, 6.45) is 7.29. The molecule has 1 heterocycles. The molecule has 0 bridgehead atoms. The Morgan fingerprint density at radius 2 is 2.18 bits per heavy atom. The molecule has 0 saturated carbocycles. The van der Waals surface area contributed by atoms with E-state index in [1.165, 1.54) is 35.7 Å². The number of nitrogens with zero attached hydrogens (tertiary/aromatic N) is 1. The standard InChI is InChI=1S/C8H11NS2/c1-10-8-9-6-4-2-3-5-7(6)11-8/h2-5H2,1H3. The van der Waals surface area contributed by atoms with E-state index in [4.69, 9.17) is 0 Å². The number of hydrogen-bond donors (Lipinski definition) is 0. The molecular weight excluding hydrogens is 174 g/mol. The van der Waals surface area contributed by atoms with E-state index in [2.05, 4.69) is 11.2 Å². The van der Waals surface area contributed by atoms with Crippen LogP contribution in [0.3, 0.4) is 0 Å². The van der Waals surface area contributed by atoms with Gasteiger partial charge in [-0.3, -0.25) is 0 Å². The van der Waals surface area contributed by atoms with Gasteiger partial charge in [-0.05, 0) is 31.9 Å². The Labute approximate surface area is 75.2 Å². The Bertz CT molecular complexity index is 231. The van der Waals surface area contributed by atoms with Crippen LogP contribution in [-0.4, -0.2) is 11.2 Å². The second-order valence-electron chi connectivity index (χ2n) is 2.76. The molecule has 0 atom stereocenters. The van der Waals surface area contributed by atoms with Crippen molar-refractivity contribution >= 4 is 23.1 Å². The van der Waals surface area contributed by atoms with E-state index in [1.54, 1.807) is 16.6 Å². The summed E-state index contributed by atoms with van der Waals surface area (Å²) in [6, 6.07) is 0. The molecule has 0 radical (unpaired) electrons. The lowest BCUT2D eigenvalue weighted by Gasteiger charge is -2.06. The molecule has 1 nitrogen and oxygen atoms in total. The van der Waals surface area contributed by atoms with Crippen molar-refractivity contribution in [2.45, 2.75) is 30.0 Å². The van der Waals surface area contributed by atoms with Crippen molar-refractivity contribution in [3.63, 3.8) is 0 Å². The summed E-state index contributed by atoms with van der Waals surface area (Å²) in [7, 11) is 0. The maximum Gasteiger partial charge on any atom is 0.150 e. The van der Waals surface area contributed by atoms with E-state index in [1.807, 2.05) is 11.3 Å². The van der Waals surface area contributed by atoms with Gasteiger partial charge in [0.15, 0.2) is 0 Å². The van der Waals surface area contributed by atoms with Crippen LogP contribution in [-0.2, 0) is 12.8 Å². The molecule has 0 amide bonds. The van der Waals surface area contributed by atoms with Crippen LogP contribution in [0.25, 0.3) is 0 Å². The van der Waals surface area contributed by atoms with Crippen LogP contribution in [0.2, 0.25) is 0 Å². The summed E-state index contributed by atoms with van der Waals surface area (Å²) in [4.78, 5) is 6.09. The Hall–Kier alpha value is -0.0200. The molecule has 0 spiro atoms. The van der Waals surface area contributed by atoms with E-state index >= 15 is 0 Å². The third-order valence-electron chi connectivity index (χ3n) is 2.00. The third kappa shape index (κ3) is 1.44. The summed E-state index contributed by atoms with van der Waals surface area (Å²) < 4.78 is 1.25. The van der Waals surface area contributed by atoms with Gasteiger partial charge in [0.05, 0.1) is 5.69 Å². The molecule has 1 aliphatic carbocycles. The fourth-order valence-corrected chi connectivity index (χ4v) is 3.13. The molecule has 2 rings (SSSR count). The van der Waals surface area contributed by atoms with Crippen LogP contribution in [0.1, 0.15) is 23.4 Å². The van der Waals surface area contributed by atoms with Gasteiger partial charge in [0.2, 0.25) is 0 Å². The van der Waals surface area contributed by atoms with Crippen molar-refractivity contribution in [1.29, 1.82) is 0 Å². The van der Waals surface area contributed by atoms with Crippen molar-refractivity contribution in [3.8, 4) is 0 Å². The van der Waals surface area contributed by atoms with E-state index in [-0.39, 0.29) is 0 Å². The van der Waals surface area contributed by atoms with Crippen molar-refractivity contribution in [2.75, 3.05) is 6.26 Å². The van der Waals surface area contributed by atoms with E-state index in [0.29, 0.717) is 0 Å². The highest BCUT2D eigenvalue weighted by atomic mass is 32.2. The Morgan fingerprint density at radius 1 is 1.36 bits per heavy atom. The average molecular weight is 185 g/mol. The van der Waals surface area contributed by atoms with Gasteiger partial charge in [-0.15, -0.1) is 11.3 Å². The van der Waals surface area contributed by atoms with Crippen LogP contribution >= 0.6 is 23.1 Å². The third-order valence-corrected chi connectivity index (χ3v) is 4.14. The topological polar surface area (TPSA) is 12.9 Å². The number of thioether (sulfide) groups is 1. The van der Waals surface area contributed by atoms with Gasteiger partial charge in [-0.25, -0.2) is 4.98 Å². The SMILES string of the molecule is CSc1nc2c(s1)CCCC2. The van der Waals surface area contributed by atoms with Crippen LogP contribution < -0.4 is 0 Å². The number of rotatable bonds is 1. The van der Waals surface area contributed by atoms with Gasteiger partial charge in [-0.2, -0.15) is 0 Å². The Morgan fingerprint density at radius 3 is 2.91 bits per heavy atom. The van der Waals surface area contributed by atoms with Crippen molar-refractivity contribution in [1.82, 2.24) is 4.98 Å².